The zero-order chi connectivity index (χ0) is 5.82. The van der Waals surface area contributed by atoms with Gasteiger partial charge in [-0.25, -0.2) is 0 Å². The molecule has 0 fully saturated rings. The molecular weight excluding hydrogens is 114 g/mol. The van der Waals surface area contributed by atoms with E-state index in [-0.39, 0.29) is 0 Å². The Morgan fingerprint density at radius 3 is 2.12 bits per heavy atom. The van der Waals surface area contributed by atoms with Gasteiger partial charge in [-0.3, -0.25) is 0 Å². The van der Waals surface area contributed by atoms with Crippen molar-refractivity contribution in [3.8, 4) is 0 Å². The summed E-state index contributed by atoms with van der Waals surface area (Å²) in [4.78, 5) is 3.17. The van der Waals surface area contributed by atoms with Gasteiger partial charge in [-0.15, -0.1) is 0 Å². The van der Waals surface area contributed by atoms with E-state index in [0.29, 0.717) is 0 Å². The van der Waals surface area contributed by atoms with Crippen molar-refractivity contribution in [1.82, 2.24) is 0 Å². The molecule has 2 heteroatoms. The van der Waals surface area contributed by atoms with Gasteiger partial charge in [0.2, 0.25) is 0 Å². The van der Waals surface area contributed by atoms with Gasteiger partial charge in [0.25, 0.3) is 0 Å². The molecule has 1 aromatic rings. The molecule has 0 aliphatic rings. The summed E-state index contributed by atoms with van der Waals surface area (Å²) in [6.45, 7) is 0. The molecule has 0 amide bonds. The fourth-order valence-electron chi connectivity index (χ4n) is 0.605. The molecule has 1 rings (SSSR count). The van der Waals surface area contributed by atoms with Gasteiger partial charge in [0.15, 0.2) is 0 Å². The van der Waals surface area contributed by atoms with Crippen LogP contribution in [0.2, 0.25) is 0 Å². The van der Waals surface area contributed by atoms with E-state index in [4.69, 9.17) is 0 Å². The quantitative estimate of drug-likeness (QED) is 0.532. The second kappa shape index (κ2) is 2.52. The van der Waals surface area contributed by atoms with E-state index < -0.39 is 0 Å². The molecule has 0 aromatic heterocycles. The van der Waals surface area contributed by atoms with Gasteiger partial charge in [0.05, 0.1) is 0 Å². The Morgan fingerprint density at radius 2 is 1.75 bits per heavy atom. The Kier molecular flexibility index (Phi) is 1.69. The molecule has 8 heavy (non-hydrogen) atoms. The summed E-state index contributed by atoms with van der Waals surface area (Å²) in [6.07, 6.45) is 0. The SMILES string of the molecule is [SiH3]Nc1ccccc1. The van der Waals surface area contributed by atoms with E-state index in [1.165, 1.54) is 5.69 Å². The van der Waals surface area contributed by atoms with Crippen LogP contribution in [-0.4, -0.2) is 10.4 Å². The molecule has 0 spiro atoms. The number of rotatable bonds is 1. The Morgan fingerprint density at radius 1 is 1.12 bits per heavy atom. The third-order valence-electron chi connectivity index (χ3n) is 1.06. The largest absolute Gasteiger partial charge is 0.419 e. The van der Waals surface area contributed by atoms with Crippen LogP contribution in [0.3, 0.4) is 0 Å². The first-order valence-corrected chi connectivity index (χ1v) is 3.66. The van der Waals surface area contributed by atoms with Gasteiger partial charge in [-0.2, -0.15) is 0 Å². The lowest BCUT2D eigenvalue weighted by Gasteiger charge is -1.94. The van der Waals surface area contributed by atoms with Crippen LogP contribution in [-0.2, 0) is 0 Å². The van der Waals surface area contributed by atoms with Crippen molar-refractivity contribution in [2.45, 2.75) is 0 Å². The van der Waals surface area contributed by atoms with Crippen molar-refractivity contribution in [3.63, 3.8) is 0 Å². The van der Waals surface area contributed by atoms with Crippen LogP contribution in [0, 0.1) is 0 Å². The summed E-state index contributed by atoms with van der Waals surface area (Å²) >= 11 is 0. The van der Waals surface area contributed by atoms with Gasteiger partial charge in [0.1, 0.15) is 10.4 Å². The van der Waals surface area contributed by atoms with Crippen molar-refractivity contribution in [3.05, 3.63) is 30.3 Å². The first kappa shape index (κ1) is 5.38. The predicted molar refractivity (Wildman–Crippen MR) is 40.0 cm³/mol. The van der Waals surface area contributed by atoms with Gasteiger partial charge >= 0.3 is 0 Å². The minimum atomic E-state index is 1.03. The normalized spacial score (nSPS) is 9.00. The van der Waals surface area contributed by atoms with E-state index >= 15 is 0 Å². The number of nitrogens with one attached hydrogen (secondary N) is 1. The molecule has 0 saturated carbocycles. The molecule has 1 N–H and O–H groups in total. The molecule has 0 atom stereocenters. The molecule has 0 aliphatic carbocycles. The first-order chi connectivity index (χ1) is 3.93. The minimum absolute atomic E-state index is 1.03. The van der Waals surface area contributed by atoms with Crippen molar-refractivity contribution < 1.29 is 0 Å². The highest BCUT2D eigenvalue weighted by molar-refractivity contribution is 6.15. The fourth-order valence-corrected chi connectivity index (χ4v) is 0.938. The van der Waals surface area contributed by atoms with Crippen LogP contribution < -0.4 is 4.98 Å². The summed E-state index contributed by atoms with van der Waals surface area (Å²) in [5.41, 5.74) is 1.22. The summed E-state index contributed by atoms with van der Waals surface area (Å²) in [6, 6.07) is 10.2. The highest BCUT2D eigenvalue weighted by Crippen LogP contribution is 2.01. The second-order valence-electron chi connectivity index (χ2n) is 1.62. The Bertz CT molecular complexity index is 150. The molecule has 0 aliphatic heterocycles. The van der Waals surface area contributed by atoms with Crippen LogP contribution in [0.4, 0.5) is 5.69 Å². The lowest BCUT2D eigenvalue weighted by Crippen LogP contribution is -1.87. The Hall–Kier alpha value is -0.763. The summed E-state index contributed by atoms with van der Waals surface area (Å²) in [5, 5.41) is 0. The lowest BCUT2D eigenvalue weighted by atomic mass is 10.3. The molecule has 0 saturated heterocycles. The summed E-state index contributed by atoms with van der Waals surface area (Å²) in [5.74, 6) is 0. The maximum Gasteiger partial charge on any atom is 0.104 e. The van der Waals surface area contributed by atoms with Crippen molar-refractivity contribution in [2.75, 3.05) is 4.98 Å². The number of hydrogen-bond donors (Lipinski definition) is 1. The lowest BCUT2D eigenvalue weighted by molar-refractivity contribution is 1.68. The smallest absolute Gasteiger partial charge is 0.104 e. The van der Waals surface area contributed by atoms with Crippen molar-refractivity contribution in [1.29, 1.82) is 0 Å². The third kappa shape index (κ3) is 1.10. The van der Waals surface area contributed by atoms with Crippen molar-refractivity contribution >= 4 is 16.1 Å². The van der Waals surface area contributed by atoms with E-state index in [1.54, 1.807) is 0 Å². The van der Waals surface area contributed by atoms with Crippen LogP contribution in [0.1, 0.15) is 0 Å². The number of benzene rings is 1. The van der Waals surface area contributed by atoms with Crippen LogP contribution in [0.25, 0.3) is 0 Å². The molecule has 0 unspecified atom stereocenters. The molecule has 1 nitrogen and oxygen atoms in total. The van der Waals surface area contributed by atoms with Crippen LogP contribution in [0.15, 0.2) is 30.3 Å². The summed E-state index contributed by atoms with van der Waals surface area (Å²) in [7, 11) is 1.03. The zero-order valence-corrected chi connectivity index (χ0v) is 6.89. The Balaban J connectivity index is 2.83. The third-order valence-corrected chi connectivity index (χ3v) is 1.64. The van der Waals surface area contributed by atoms with E-state index in [0.717, 1.165) is 10.4 Å². The van der Waals surface area contributed by atoms with Crippen LogP contribution in [0.5, 0.6) is 0 Å². The van der Waals surface area contributed by atoms with E-state index in [2.05, 4.69) is 17.1 Å². The van der Waals surface area contributed by atoms with Gasteiger partial charge in [0, 0.05) is 5.69 Å². The fraction of sp³-hybridized carbons (Fsp3) is 0. The standard InChI is InChI=1S/C6H9NSi/c8-7-6-4-2-1-3-5-6/h1-5,7H,8H3. The Labute approximate surface area is 52.2 Å². The number of para-hydroxylation sites is 1. The van der Waals surface area contributed by atoms with E-state index in [1.807, 2.05) is 18.2 Å². The molecule has 1 aromatic carbocycles. The number of hydrogen-bond acceptors (Lipinski definition) is 1. The summed E-state index contributed by atoms with van der Waals surface area (Å²) < 4.78 is 0. The highest BCUT2D eigenvalue weighted by atomic mass is 28.2. The monoisotopic (exact) mass is 123 g/mol. The predicted octanol–water partition coefficient (Wildman–Crippen LogP) is 0.379. The minimum Gasteiger partial charge on any atom is -0.419 e. The topological polar surface area (TPSA) is 12.0 Å². The zero-order valence-electron chi connectivity index (χ0n) is 4.89. The number of anilines is 1. The second-order valence-corrected chi connectivity index (χ2v) is 2.12. The maximum absolute atomic E-state index is 3.17. The molecule has 0 bridgehead atoms. The average molecular weight is 123 g/mol. The van der Waals surface area contributed by atoms with Gasteiger partial charge in [-0.1, -0.05) is 18.2 Å². The van der Waals surface area contributed by atoms with E-state index in [9.17, 15) is 0 Å². The highest BCUT2D eigenvalue weighted by Gasteiger charge is 1.77. The molecule has 0 radical (unpaired) electrons. The molecular formula is C6H9NSi. The van der Waals surface area contributed by atoms with Crippen molar-refractivity contribution in [2.24, 2.45) is 0 Å². The average Bonchev–Trinajstić information content (AvgIpc) is 1.90. The van der Waals surface area contributed by atoms with Gasteiger partial charge in [-0.05, 0) is 12.1 Å². The molecule has 42 valence electrons. The first-order valence-electron chi connectivity index (χ1n) is 2.66. The maximum atomic E-state index is 3.17. The van der Waals surface area contributed by atoms with Crippen LogP contribution >= 0.6 is 0 Å². The molecule has 0 heterocycles. The van der Waals surface area contributed by atoms with Gasteiger partial charge < -0.3 is 4.98 Å².